The van der Waals surface area contributed by atoms with Gasteiger partial charge in [-0.1, -0.05) is 0 Å². The first-order chi connectivity index (χ1) is 11.3. The highest BCUT2D eigenvalue weighted by molar-refractivity contribution is 7.87. The second-order valence-corrected chi connectivity index (χ2v) is 6.27. The van der Waals surface area contributed by atoms with E-state index in [2.05, 4.69) is 14.2 Å². The molecule has 0 saturated heterocycles. The van der Waals surface area contributed by atoms with Crippen molar-refractivity contribution in [2.75, 3.05) is 0 Å². The standard InChI is InChI=1S/C14H8F2N2O5S/c15-7-1-4-12(9(16)5-7)23-24(21,22)8-2-3-10-11(6-8)18-14(20)13(19)17-10/h1-6H,(H,17,19)(H,18,20). The SMILES string of the molecule is O=c1[nH]c2ccc(S(=O)(=O)Oc3ccc(F)cc3F)cc2[nH]c1=O. The molecule has 0 fully saturated rings. The molecule has 1 aromatic heterocycles. The Labute approximate surface area is 132 Å². The minimum Gasteiger partial charge on any atom is -0.376 e. The lowest BCUT2D eigenvalue weighted by Crippen LogP contribution is -2.29. The number of aromatic amines is 2. The van der Waals surface area contributed by atoms with Crippen molar-refractivity contribution in [3.8, 4) is 5.75 Å². The van der Waals surface area contributed by atoms with E-state index in [0.29, 0.717) is 6.07 Å². The summed E-state index contributed by atoms with van der Waals surface area (Å²) in [5.74, 6) is -2.74. The predicted molar refractivity (Wildman–Crippen MR) is 79.4 cm³/mol. The van der Waals surface area contributed by atoms with Crippen molar-refractivity contribution in [2.45, 2.75) is 4.90 Å². The van der Waals surface area contributed by atoms with E-state index in [0.717, 1.165) is 24.3 Å². The molecule has 0 unspecified atom stereocenters. The molecule has 7 nitrogen and oxygen atoms in total. The smallest absolute Gasteiger partial charge is 0.339 e. The Hall–Kier alpha value is -3.01. The molecule has 0 aliphatic carbocycles. The van der Waals surface area contributed by atoms with Crippen LogP contribution in [0.2, 0.25) is 0 Å². The second kappa shape index (κ2) is 5.57. The highest BCUT2D eigenvalue weighted by Crippen LogP contribution is 2.23. The van der Waals surface area contributed by atoms with Crippen molar-refractivity contribution in [1.82, 2.24) is 9.97 Å². The molecule has 24 heavy (non-hydrogen) atoms. The molecule has 3 aromatic rings. The van der Waals surface area contributed by atoms with Crippen LogP contribution in [0.3, 0.4) is 0 Å². The van der Waals surface area contributed by atoms with Gasteiger partial charge in [-0.15, -0.1) is 0 Å². The van der Waals surface area contributed by atoms with Crippen LogP contribution in [0, 0.1) is 11.6 Å². The Morgan fingerprint density at radius 2 is 1.54 bits per heavy atom. The van der Waals surface area contributed by atoms with E-state index in [1.807, 2.05) is 0 Å². The third-order valence-corrected chi connectivity index (χ3v) is 4.31. The third kappa shape index (κ3) is 2.91. The zero-order valence-electron chi connectivity index (χ0n) is 11.7. The van der Waals surface area contributed by atoms with Gasteiger partial charge < -0.3 is 14.2 Å². The molecule has 10 heteroatoms. The maximum absolute atomic E-state index is 13.5. The van der Waals surface area contributed by atoms with Gasteiger partial charge in [0, 0.05) is 6.07 Å². The number of fused-ring (bicyclic) bond motifs is 1. The largest absolute Gasteiger partial charge is 0.376 e. The summed E-state index contributed by atoms with van der Waals surface area (Å²) in [6, 6.07) is 5.55. The minimum atomic E-state index is -4.44. The van der Waals surface area contributed by atoms with Gasteiger partial charge in [0.05, 0.1) is 11.0 Å². The molecule has 0 aliphatic rings. The van der Waals surface area contributed by atoms with E-state index in [9.17, 15) is 26.8 Å². The molecule has 0 spiro atoms. The molecular formula is C14H8F2N2O5S. The Morgan fingerprint density at radius 3 is 2.21 bits per heavy atom. The number of hydrogen-bond donors (Lipinski definition) is 2. The van der Waals surface area contributed by atoms with Gasteiger partial charge in [-0.25, -0.2) is 8.78 Å². The van der Waals surface area contributed by atoms with Crippen LogP contribution in [0.4, 0.5) is 8.78 Å². The molecule has 0 radical (unpaired) electrons. The minimum absolute atomic E-state index is 0.0452. The lowest BCUT2D eigenvalue weighted by Gasteiger charge is -2.08. The van der Waals surface area contributed by atoms with Crippen molar-refractivity contribution in [3.05, 3.63) is 68.7 Å². The van der Waals surface area contributed by atoms with Crippen molar-refractivity contribution in [1.29, 1.82) is 0 Å². The van der Waals surface area contributed by atoms with E-state index < -0.39 is 38.6 Å². The number of rotatable bonds is 3. The van der Waals surface area contributed by atoms with Crippen molar-refractivity contribution < 1.29 is 21.4 Å². The summed E-state index contributed by atoms with van der Waals surface area (Å²) >= 11 is 0. The highest BCUT2D eigenvalue weighted by Gasteiger charge is 2.20. The maximum Gasteiger partial charge on any atom is 0.339 e. The average molecular weight is 354 g/mol. The average Bonchev–Trinajstić information content (AvgIpc) is 2.51. The first-order valence-electron chi connectivity index (χ1n) is 6.42. The molecule has 2 aromatic carbocycles. The summed E-state index contributed by atoms with van der Waals surface area (Å²) in [6.07, 6.45) is 0. The first-order valence-corrected chi connectivity index (χ1v) is 7.83. The van der Waals surface area contributed by atoms with Gasteiger partial charge in [0.2, 0.25) is 0 Å². The van der Waals surface area contributed by atoms with Crippen LogP contribution in [0.15, 0.2) is 50.9 Å². The van der Waals surface area contributed by atoms with Crippen molar-refractivity contribution >= 4 is 21.2 Å². The van der Waals surface area contributed by atoms with Crippen LogP contribution in [-0.2, 0) is 10.1 Å². The van der Waals surface area contributed by atoms with Crippen LogP contribution >= 0.6 is 0 Å². The van der Waals surface area contributed by atoms with E-state index in [1.54, 1.807) is 0 Å². The summed E-state index contributed by atoms with van der Waals surface area (Å²) in [4.78, 5) is 26.6. The molecule has 0 amide bonds. The van der Waals surface area contributed by atoms with Crippen LogP contribution in [0.5, 0.6) is 5.75 Å². The highest BCUT2D eigenvalue weighted by atomic mass is 32.2. The number of hydrogen-bond acceptors (Lipinski definition) is 5. The predicted octanol–water partition coefficient (Wildman–Crippen LogP) is 1.26. The zero-order valence-corrected chi connectivity index (χ0v) is 12.5. The Kier molecular flexibility index (Phi) is 3.68. The summed E-state index contributed by atoms with van der Waals surface area (Å²) in [7, 11) is -4.44. The molecule has 2 N–H and O–H groups in total. The Morgan fingerprint density at radius 1 is 0.875 bits per heavy atom. The molecule has 3 rings (SSSR count). The molecule has 124 valence electrons. The summed E-state index contributed by atoms with van der Waals surface area (Å²) in [5.41, 5.74) is -1.60. The van der Waals surface area contributed by atoms with Gasteiger partial charge in [-0.2, -0.15) is 8.42 Å². The quantitative estimate of drug-likeness (QED) is 0.544. The maximum atomic E-state index is 13.5. The first kappa shape index (κ1) is 15.9. The summed E-state index contributed by atoms with van der Waals surface area (Å²) in [6.45, 7) is 0. The van der Waals surface area contributed by atoms with Crippen molar-refractivity contribution in [3.63, 3.8) is 0 Å². The van der Waals surface area contributed by atoms with Crippen LogP contribution in [0.1, 0.15) is 0 Å². The van der Waals surface area contributed by atoms with Crippen molar-refractivity contribution in [2.24, 2.45) is 0 Å². The van der Waals surface area contributed by atoms with Gasteiger partial charge in [0.15, 0.2) is 11.6 Å². The number of nitrogens with one attached hydrogen (secondary N) is 2. The molecule has 0 atom stereocenters. The monoisotopic (exact) mass is 354 g/mol. The van der Waals surface area contributed by atoms with E-state index in [4.69, 9.17) is 0 Å². The lowest BCUT2D eigenvalue weighted by molar-refractivity contribution is 0.457. The molecule has 1 heterocycles. The summed E-state index contributed by atoms with van der Waals surface area (Å²) in [5, 5.41) is 0. The summed E-state index contributed by atoms with van der Waals surface area (Å²) < 4.78 is 55.4. The van der Waals surface area contributed by atoms with Crippen LogP contribution in [-0.4, -0.2) is 18.4 Å². The normalized spacial score (nSPS) is 11.6. The topological polar surface area (TPSA) is 109 Å². The van der Waals surface area contributed by atoms with Gasteiger partial charge in [0.25, 0.3) is 0 Å². The van der Waals surface area contributed by atoms with E-state index in [1.165, 1.54) is 6.07 Å². The fraction of sp³-hybridized carbons (Fsp3) is 0. The molecule has 0 aliphatic heterocycles. The van der Waals surface area contributed by atoms with Gasteiger partial charge >= 0.3 is 21.2 Å². The number of H-pyrrole nitrogens is 2. The Balaban J connectivity index is 2.06. The van der Waals surface area contributed by atoms with Gasteiger partial charge in [0.1, 0.15) is 10.7 Å². The van der Waals surface area contributed by atoms with Gasteiger partial charge in [-0.05, 0) is 30.3 Å². The van der Waals surface area contributed by atoms with Crippen LogP contribution < -0.4 is 15.3 Å². The zero-order chi connectivity index (χ0) is 17.5. The van der Waals surface area contributed by atoms with Crippen LogP contribution in [0.25, 0.3) is 11.0 Å². The molecule has 0 bridgehead atoms. The number of halogens is 2. The fourth-order valence-corrected chi connectivity index (χ4v) is 2.92. The number of benzene rings is 2. The second-order valence-electron chi connectivity index (χ2n) is 4.73. The fourth-order valence-electron chi connectivity index (χ4n) is 1.96. The van der Waals surface area contributed by atoms with E-state index in [-0.39, 0.29) is 15.9 Å². The lowest BCUT2D eigenvalue weighted by atomic mass is 10.3. The Bertz CT molecular complexity index is 1170. The third-order valence-electron chi connectivity index (χ3n) is 3.08. The number of aromatic nitrogens is 2. The molecule has 0 saturated carbocycles. The molecular weight excluding hydrogens is 346 g/mol. The van der Waals surface area contributed by atoms with E-state index >= 15 is 0 Å². The van der Waals surface area contributed by atoms with Gasteiger partial charge in [-0.3, -0.25) is 9.59 Å².